The Morgan fingerprint density at radius 3 is 2.71 bits per heavy atom. The minimum absolute atomic E-state index is 0.156. The number of nitrogens with zero attached hydrogens (tertiary/aromatic N) is 5. The van der Waals surface area contributed by atoms with Crippen molar-refractivity contribution in [2.75, 3.05) is 18.6 Å². The molecule has 8 heteroatoms. The van der Waals surface area contributed by atoms with E-state index in [-0.39, 0.29) is 18.0 Å². The molecule has 0 atom stereocenters. The lowest BCUT2D eigenvalue weighted by Crippen LogP contribution is -2.35. The molecule has 4 aromatic rings. The molecule has 1 aliphatic heterocycles. The van der Waals surface area contributed by atoms with Crippen LogP contribution in [-0.4, -0.2) is 32.8 Å². The fourth-order valence-electron chi connectivity index (χ4n) is 4.10. The predicted octanol–water partition coefficient (Wildman–Crippen LogP) is 2.96. The SMILES string of the molecule is COc1ccc(Cn2nc3cc(C)nc(N4CCc5ccccc5C4)n3c2=O)cc1F. The van der Waals surface area contributed by atoms with Crippen molar-refractivity contribution in [3.05, 3.63) is 87.2 Å². The first-order chi connectivity index (χ1) is 15.0. The number of hydrogen-bond acceptors (Lipinski definition) is 5. The summed E-state index contributed by atoms with van der Waals surface area (Å²) in [7, 11) is 1.42. The molecule has 2 aromatic carbocycles. The maximum Gasteiger partial charge on any atom is 0.353 e. The first-order valence-electron chi connectivity index (χ1n) is 10.1. The first kappa shape index (κ1) is 19.3. The molecule has 0 unspecified atom stereocenters. The van der Waals surface area contributed by atoms with E-state index >= 15 is 0 Å². The van der Waals surface area contributed by atoms with Crippen molar-refractivity contribution >= 4 is 11.6 Å². The topological polar surface area (TPSA) is 64.7 Å². The summed E-state index contributed by atoms with van der Waals surface area (Å²) in [6, 6.07) is 14.8. The lowest BCUT2D eigenvalue weighted by molar-refractivity contribution is 0.386. The first-order valence-corrected chi connectivity index (χ1v) is 10.1. The number of methoxy groups -OCH3 is 1. The standard InChI is InChI=1S/C23H22FN5O2/c1-15-11-21-26-28(13-16-7-8-20(31-2)19(24)12-16)23(30)29(21)22(25-15)27-10-9-17-5-3-4-6-18(17)14-27/h3-8,11-12H,9-10,13-14H2,1-2H3. The Balaban J connectivity index is 1.55. The molecule has 0 saturated carbocycles. The van der Waals surface area contributed by atoms with Gasteiger partial charge in [-0.2, -0.15) is 0 Å². The van der Waals surface area contributed by atoms with Gasteiger partial charge in [0.2, 0.25) is 5.95 Å². The van der Waals surface area contributed by atoms with E-state index in [0.717, 1.165) is 18.7 Å². The van der Waals surface area contributed by atoms with Crippen LogP contribution in [0, 0.1) is 12.7 Å². The molecule has 0 spiro atoms. The second kappa shape index (κ2) is 7.54. The van der Waals surface area contributed by atoms with Crippen LogP contribution < -0.4 is 15.3 Å². The summed E-state index contributed by atoms with van der Waals surface area (Å²) in [6.07, 6.45) is 0.890. The summed E-state index contributed by atoms with van der Waals surface area (Å²) in [5, 5.41) is 4.49. The van der Waals surface area contributed by atoms with Crippen LogP contribution in [0.2, 0.25) is 0 Å². The Morgan fingerprint density at radius 2 is 1.94 bits per heavy atom. The fraction of sp³-hybridized carbons (Fsp3) is 0.261. The van der Waals surface area contributed by atoms with Crippen molar-refractivity contribution in [3.63, 3.8) is 0 Å². The monoisotopic (exact) mass is 419 g/mol. The summed E-state index contributed by atoms with van der Waals surface area (Å²) in [4.78, 5) is 20.0. The Morgan fingerprint density at radius 1 is 1.13 bits per heavy atom. The van der Waals surface area contributed by atoms with Crippen LogP contribution in [0.3, 0.4) is 0 Å². The van der Waals surface area contributed by atoms with Gasteiger partial charge in [0.05, 0.1) is 13.7 Å². The van der Waals surface area contributed by atoms with Crippen molar-refractivity contribution in [1.82, 2.24) is 19.2 Å². The van der Waals surface area contributed by atoms with Gasteiger partial charge in [-0.05, 0) is 42.2 Å². The van der Waals surface area contributed by atoms with Gasteiger partial charge >= 0.3 is 5.69 Å². The van der Waals surface area contributed by atoms with Crippen molar-refractivity contribution in [2.24, 2.45) is 0 Å². The third-order valence-corrected chi connectivity index (χ3v) is 5.64. The van der Waals surface area contributed by atoms with E-state index < -0.39 is 5.82 Å². The molecule has 1 aliphatic rings. The summed E-state index contributed by atoms with van der Waals surface area (Å²) in [6.45, 7) is 3.50. The summed E-state index contributed by atoms with van der Waals surface area (Å²) in [5.74, 6) is 0.280. The summed E-state index contributed by atoms with van der Waals surface area (Å²) in [5.41, 5.74) is 4.20. The van der Waals surface area contributed by atoms with Crippen LogP contribution >= 0.6 is 0 Å². The molecule has 31 heavy (non-hydrogen) atoms. The third-order valence-electron chi connectivity index (χ3n) is 5.64. The number of aryl methyl sites for hydroxylation is 1. The normalized spacial score (nSPS) is 13.5. The van der Waals surface area contributed by atoms with Gasteiger partial charge < -0.3 is 9.64 Å². The number of halogens is 1. The molecule has 0 aliphatic carbocycles. The molecule has 5 rings (SSSR count). The van der Waals surface area contributed by atoms with Gasteiger partial charge in [0, 0.05) is 24.8 Å². The van der Waals surface area contributed by atoms with Crippen LogP contribution in [-0.2, 0) is 19.5 Å². The minimum atomic E-state index is -0.470. The largest absolute Gasteiger partial charge is 0.494 e. The molecular formula is C23H22FN5O2. The fourth-order valence-corrected chi connectivity index (χ4v) is 4.10. The molecule has 0 fully saturated rings. The Labute approximate surface area is 178 Å². The minimum Gasteiger partial charge on any atom is -0.494 e. The van der Waals surface area contributed by atoms with Crippen LogP contribution in [0.5, 0.6) is 5.75 Å². The second-order valence-electron chi connectivity index (χ2n) is 7.74. The zero-order valence-corrected chi connectivity index (χ0v) is 17.4. The van der Waals surface area contributed by atoms with Crippen molar-refractivity contribution < 1.29 is 9.13 Å². The maximum atomic E-state index is 14.1. The Bertz CT molecular complexity index is 1340. The Hall–Kier alpha value is -3.68. The molecular weight excluding hydrogens is 397 g/mol. The second-order valence-corrected chi connectivity index (χ2v) is 7.74. The molecule has 3 heterocycles. The molecule has 158 valence electrons. The molecule has 0 radical (unpaired) electrons. The van der Waals surface area contributed by atoms with Gasteiger partial charge in [0.15, 0.2) is 17.2 Å². The molecule has 7 nitrogen and oxygen atoms in total. The third kappa shape index (κ3) is 3.43. The molecule has 2 aromatic heterocycles. The summed E-state index contributed by atoms with van der Waals surface area (Å²) < 4.78 is 21.9. The van der Waals surface area contributed by atoms with E-state index in [1.165, 1.54) is 29.0 Å². The lowest BCUT2D eigenvalue weighted by atomic mass is 10.0. The van der Waals surface area contributed by atoms with E-state index in [2.05, 4.69) is 27.1 Å². The van der Waals surface area contributed by atoms with Crippen LogP contribution in [0.4, 0.5) is 10.3 Å². The summed E-state index contributed by atoms with van der Waals surface area (Å²) >= 11 is 0. The molecule has 0 amide bonds. The quantitative estimate of drug-likeness (QED) is 0.509. The van der Waals surface area contributed by atoms with Crippen LogP contribution in [0.1, 0.15) is 22.4 Å². The molecule has 0 bridgehead atoms. The van der Waals surface area contributed by atoms with Gasteiger partial charge in [-0.3, -0.25) is 0 Å². The van der Waals surface area contributed by atoms with E-state index in [1.807, 2.05) is 19.1 Å². The smallest absolute Gasteiger partial charge is 0.353 e. The number of fused-ring (bicyclic) bond motifs is 2. The van der Waals surface area contributed by atoms with Gasteiger partial charge in [-0.1, -0.05) is 30.3 Å². The average molecular weight is 419 g/mol. The van der Waals surface area contributed by atoms with Gasteiger partial charge in [-0.15, -0.1) is 5.10 Å². The highest BCUT2D eigenvalue weighted by molar-refractivity contribution is 5.49. The van der Waals surface area contributed by atoms with Crippen LogP contribution in [0.25, 0.3) is 5.65 Å². The number of ether oxygens (including phenoxy) is 1. The van der Waals surface area contributed by atoms with Gasteiger partial charge in [0.25, 0.3) is 0 Å². The number of rotatable bonds is 4. The predicted molar refractivity (Wildman–Crippen MR) is 115 cm³/mol. The van der Waals surface area contributed by atoms with Gasteiger partial charge in [0.1, 0.15) is 0 Å². The van der Waals surface area contributed by atoms with E-state index in [4.69, 9.17) is 4.74 Å². The van der Waals surface area contributed by atoms with E-state index in [1.54, 1.807) is 22.6 Å². The molecule has 0 saturated heterocycles. The number of hydrogen-bond donors (Lipinski definition) is 0. The maximum absolute atomic E-state index is 14.1. The van der Waals surface area contributed by atoms with Gasteiger partial charge in [-0.25, -0.2) is 23.3 Å². The lowest BCUT2D eigenvalue weighted by Gasteiger charge is -2.29. The number of aromatic nitrogens is 4. The van der Waals surface area contributed by atoms with Crippen molar-refractivity contribution in [3.8, 4) is 5.75 Å². The van der Waals surface area contributed by atoms with Crippen LogP contribution in [0.15, 0.2) is 53.3 Å². The zero-order chi connectivity index (χ0) is 21.5. The average Bonchev–Trinajstić information content (AvgIpc) is 3.07. The highest BCUT2D eigenvalue weighted by Crippen LogP contribution is 2.24. The van der Waals surface area contributed by atoms with E-state index in [0.29, 0.717) is 23.7 Å². The molecule has 0 N–H and O–H groups in total. The highest BCUT2D eigenvalue weighted by atomic mass is 19.1. The Kier molecular flexibility index (Phi) is 4.69. The highest BCUT2D eigenvalue weighted by Gasteiger charge is 2.22. The van der Waals surface area contributed by atoms with E-state index in [9.17, 15) is 9.18 Å². The van der Waals surface area contributed by atoms with Crippen molar-refractivity contribution in [1.29, 1.82) is 0 Å². The number of benzene rings is 2. The number of anilines is 1. The zero-order valence-electron chi connectivity index (χ0n) is 17.4. The van der Waals surface area contributed by atoms with Crippen molar-refractivity contribution in [2.45, 2.75) is 26.4 Å².